The maximum Gasteiger partial charge on any atom is 0.317 e. The van der Waals surface area contributed by atoms with Crippen LogP contribution in [0, 0.1) is 6.92 Å². The number of urea groups is 1. The zero-order valence-electron chi connectivity index (χ0n) is 15.4. The van der Waals surface area contributed by atoms with Gasteiger partial charge in [-0.25, -0.2) is 19.7 Å². The summed E-state index contributed by atoms with van der Waals surface area (Å²) in [5.74, 6) is 0.387. The van der Waals surface area contributed by atoms with Crippen molar-refractivity contribution in [2.75, 3.05) is 42.9 Å². The van der Waals surface area contributed by atoms with Crippen molar-refractivity contribution in [3.05, 3.63) is 29.0 Å². The molecule has 0 aliphatic carbocycles. The highest BCUT2D eigenvalue weighted by molar-refractivity contribution is 7.15. The van der Waals surface area contributed by atoms with E-state index in [4.69, 9.17) is 0 Å². The zero-order chi connectivity index (χ0) is 19.2. The molecule has 0 aromatic carbocycles. The van der Waals surface area contributed by atoms with Gasteiger partial charge in [-0.1, -0.05) is 6.92 Å². The minimum absolute atomic E-state index is 0.0824. The summed E-state index contributed by atoms with van der Waals surface area (Å²) in [5, 5.41) is 5.97. The lowest BCUT2D eigenvalue weighted by molar-refractivity contribution is -0.115. The van der Waals surface area contributed by atoms with Crippen LogP contribution >= 0.6 is 11.3 Å². The van der Waals surface area contributed by atoms with Crippen molar-refractivity contribution >= 4 is 34.4 Å². The molecule has 2 N–H and O–H groups in total. The van der Waals surface area contributed by atoms with Crippen molar-refractivity contribution in [3.8, 4) is 0 Å². The number of piperazine rings is 1. The second-order valence-corrected chi connectivity index (χ2v) is 7.31. The molecule has 1 aliphatic rings. The van der Waals surface area contributed by atoms with Crippen molar-refractivity contribution in [2.45, 2.75) is 20.3 Å². The monoisotopic (exact) mass is 389 g/mol. The largest absolute Gasteiger partial charge is 0.337 e. The standard InChI is InChI=1S/C17H23N7O2S/c1-3-13-12(2)27-16(21-13)22-14(25)11-20-17(26)24-9-7-23(8-10-24)15-18-5-4-6-19-15/h4-6H,3,7-11H2,1-2H3,(H,20,26)(H,21,22,25). The van der Waals surface area contributed by atoms with Crippen LogP contribution < -0.4 is 15.5 Å². The summed E-state index contributed by atoms with van der Waals surface area (Å²) >= 11 is 1.44. The molecule has 0 spiro atoms. The highest BCUT2D eigenvalue weighted by Crippen LogP contribution is 2.22. The van der Waals surface area contributed by atoms with Gasteiger partial charge in [0, 0.05) is 43.4 Å². The first-order valence-corrected chi connectivity index (χ1v) is 9.69. The Morgan fingerprint density at radius 1 is 1.19 bits per heavy atom. The molecule has 1 saturated heterocycles. The lowest BCUT2D eigenvalue weighted by Gasteiger charge is -2.34. The van der Waals surface area contributed by atoms with Crippen LogP contribution in [0.4, 0.5) is 15.9 Å². The number of rotatable bonds is 5. The summed E-state index contributed by atoms with van der Waals surface area (Å²) in [4.78, 5) is 42.0. The Morgan fingerprint density at radius 3 is 2.52 bits per heavy atom. The minimum atomic E-state index is -0.281. The molecule has 0 atom stereocenters. The first-order chi connectivity index (χ1) is 13.1. The van der Waals surface area contributed by atoms with E-state index >= 15 is 0 Å². The van der Waals surface area contributed by atoms with E-state index < -0.39 is 0 Å². The average Bonchev–Trinajstić information content (AvgIpc) is 3.06. The van der Waals surface area contributed by atoms with Crippen molar-refractivity contribution in [1.82, 2.24) is 25.2 Å². The molecule has 0 radical (unpaired) electrons. The van der Waals surface area contributed by atoms with Gasteiger partial charge >= 0.3 is 6.03 Å². The Balaban J connectivity index is 1.42. The van der Waals surface area contributed by atoms with Crippen molar-refractivity contribution in [3.63, 3.8) is 0 Å². The lowest BCUT2D eigenvalue weighted by atomic mass is 10.3. The molecule has 2 aromatic heterocycles. The number of aromatic nitrogens is 3. The number of hydrogen-bond donors (Lipinski definition) is 2. The third-order valence-corrected chi connectivity index (χ3v) is 5.20. The Morgan fingerprint density at radius 2 is 1.89 bits per heavy atom. The molecule has 10 heteroatoms. The number of amides is 3. The van der Waals surface area contributed by atoms with Crippen LogP contribution in [0.3, 0.4) is 0 Å². The number of hydrogen-bond acceptors (Lipinski definition) is 7. The number of aryl methyl sites for hydroxylation is 2. The molecule has 1 aliphatic heterocycles. The summed E-state index contributed by atoms with van der Waals surface area (Å²) in [6.07, 6.45) is 4.23. The highest BCUT2D eigenvalue weighted by atomic mass is 32.1. The highest BCUT2D eigenvalue weighted by Gasteiger charge is 2.22. The van der Waals surface area contributed by atoms with E-state index in [0.29, 0.717) is 37.3 Å². The van der Waals surface area contributed by atoms with Gasteiger partial charge in [-0.3, -0.25) is 4.79 Å². The third kappa shape index (κ3) is 4.91. The molecule has 27 heavy (non-hydrogen) atoms. The van der Waals surface area contributed by atoms with E-state index in [1.807, 2.05) is 18.7 Å². The fourth-order valence-electron chi connectivity index (χ4n) is 2.80. The van der Waals surface area contributed by atoms with E-state index in [2.05, 4.69) is 25.6 Å². The SMILES string of the molecule is CCc1nc(NC(=O)CNC(=O)N2CCN(c3ncccn3)CC2)sc1C. The second kappa shape index (κ2) is 8.76. The minimum Gasteiger partial charge on any atom is -0.337 e. The van der Waals surface area contributed by atoms with Crippen LogP contribution in [0.2, 0.25) is 0 Å². The lowest BCUT2D eigenvalue weighted by Crippen LogP contribution is -2.53. The zero-order valence-corrected chi connectivity index (χ0v) is 16.3. The quantitative estimate of drug-likeness (QED) is 0.798. The molecule has 0 unspecified atom stereocenters. The summed E-state index contributed by atoms with van der Waals surface area (Å²) < 4.78 is 0. The number of carbonyl (C=O) groups excluding carboxylic acids is 2. The van der Waals surface area contributed by atoms with Crippen LogP contribution in [-0.2, 0) is 11.2 Å². The predicted molar refractivity (Wildman–Crippen MR) is 104 cm³/mol. The van der Waals surface area contributed by atoms with Gasteiger partial charge in [-0.2, -0.15) is 0 Å². The predicted octanol–water partition coefficient (Wildman–Crippen LogP) is 1.27. The number of nitrogens with zero attached hydrogens (tertiary/aromatic N) is 5. The first-order valence-electron chi connectivity index (χ1n) is 8.87. The van der Waals surface area contributed by atoms with E-state index in [9.17, 15) is 9.59 Å². The topological polar surface area (TPSA) is 103 Å². The Hall–Kier alpha value is -2.75. The maximum absolute atomic E-state index is 12.3. The van der Waals surface area contributed by atoms with Gasteiger partial charge in [0.05, 0.1) is 12.2 Å². The van der Waals surface area contributed by atoms with Crippen LogP contribution in [-0.4, -0.2) is 64.5 Å². The van der Waals surface area contributed by atoms with Crippen molar-refractivity contribution < 1.29 is 9.59 Å². The molecule has 1 fully saturated rings. The second-order valence-electron chi connectivity index (χ2n) is 6.11. The number of anilines is 2. The Labute approximate surface area is 161 Å². The van der Waals surface area contributed by atoms with Gasteiger partial charge in [0.25, 0.3) is 0 Å². The van der Waals surface area contributed by atoms with Gasteiger partial charge in [0.1, 0.15) is 0 Å². The van der Waals surface area contributed by atoms with E-state index in [-0.39, 0.29) is 18.5 Å². The van der Waals surface area contributed by atoms with Gasteiger partial charge in [-0.15, -0.1) is 11.3 Å². The number of nitrogens with one attached hydrogen (secondary N) is 2. The number of carbonyl (C=O) groups is 2. The molecule has 3 amide bonds. The smallest absolute Gasteiger partial charge is 0.317 e. The van der Waals surface area contributed by atoms with Crippen LogP contribution in [0.1, 0.15) is 17.5 Å². The van der Waals surface area contributed by atoms with Gasteiger partial charge in [0.2, 0.25) is 11.9 Å². The van der Waals surface area contributed by atoms with Crippen LogP contribution in [0.15, 0.2) is 18.5 Å². The fourth-order valence-corrected chi connectivity index (χ4v) is 3.72. The Bertz CT molecular complexity index is 788. The van der Waals surface area contributed by atoms with E-state index in [1.54, 1.807) is 23.4 Å². The normalized spacial score (nSPS) is 14.1. The maximum atomic E-state index is 12.3. The molecule has 3 rings (SSSR count). The number of thiazole rings is 1. The molecular formula is C17H23N7O2S. The molecule has 2 aromatic rings. The first kappa shape index (κ1) is 19.0. The molecule has 144 valence electrons. The fraction of sp³-hybridized carbons (Fsp3) is 0.471. The molecule has 0 saturated carbocycles. The third-order valence-electron chi connectivity index (χ3n) is 4.28. The van der Waals surface area contributed by atoms with E-state index in [0.717, 1.165) is 17.0 Å². The summed E-state index contributed by atoms with van der Waals surface area (Å²) in [6, 6.07) is 1.53. The summed E-state index contributed by atoms with van der Waals surface area (Å²) in [6.45, 7) is 6.34. The van der Waals surface area contributed by atoms with Gasteiger partial charge < -0.3 is 20.4 Å². The molecule has 0 bridgehead atoms. The van der Waals surface area contributed by atoms with Crippen molar-refractivity contribution in [2.24, 2.45) is 0 Å². The summed E-state index contributed by atoms with van der Waals surface area (Å²) in [7, 11) is 0. The van der Waals surface area contributed by atoms with Crippen LogP contribution in [0.5, 0.6) is 0 Å². The van der Waals surface area contributed by atoms with Crippen molar-refractivity contribution in [1.29, 1.82) is 0 Å². The molecule has 9 nitrogen and oxygen atoms in total. The average molecular weight is 389 g/mol. The molecular weight excluding hydrogens is 366 g/mol. The molecule has 3 heterocycles. The van der Waals surface area contributed by atoms with E-state index in [1.165, 1.54) is 11.3 Å². The van der Waals surface area contributed by atoms with Crippen LogP contribution in [0.25, 0.3) is 0 Å². The van der Waals surface area contributed by atoms with Gasteiger partial charge in [-0.05, 0) is 19.4 Å². The Kier molecular flexibility index (Phi) is 6.17. The van der Waals surface area contributed by atoms with Gasteiger partial charge in [0.15, 0.2) is 5.13 Å². The summed E-state index contributed by atoms with van der Waals surface area (Å²) in [5.41, 5.74) is 0.986.